The molecular formula is C28H47NO4. The van der Waals surface area contributed by atoms with Crippen LogP contribution in [0.3, 0.4) is 0 Å². The van der Waals surface area contributed by atoms with Crippen molar-refractivity contribution >= 4 is 12.1 Å². The summed E-state index contributed by atoms with van der Waals surface area (Å²) in [5, 5.41) is 2.68. The van der Waals surface area contributed by atoms with Gasteiger partial charge in [0.15, 0.2) is 0 Å². The molecule has 1 aromatic rings. The van der Waals surface area contributed by atoms with Gasteiger partial charge in [-0.2, -0.15) is 0 Å². The molecule has 1 aromatic carbocycles. The van der Waals surface area contributed by atoms with Crippen LogP contribution in [0.25, 0.3) is 0 Å². The summed E-state index contributed by atoms with van der Waals surface area (Å²) in [6.07, 6.45) is 14.9. The molecule has 33 heavy (non-hydrogen) atoms. The van der Waals surface area contributed by atoms with Gasteiger partial charge in [0.2, 0.25) is 0 Å². The maximum absolute atomic E-state index is 12.7. The molecule has 0 spiro atoms. The molecule has 0 saturated heterocycles. The molecule has 0 aromatic heterocycles. The van der Waals surface area contributed by atoms with Gasteiger partial charge in [-0.25, -0.2) is 9.59 Å². The maximum Gasteiger partial charge on any atom is 0.408 e. The molecule has 0 fully saturated rings. The summed E-state index contributed by atoms with van der Waals surface area (Å²) in [7, 11) is 0. The molecule has 1 rings (SSSR count). The first-order valence-electron chi connectivity index (χ1n) is 13.0. The molecule has 0 aliphatic heterocycles. The number of benzene rings is 1. The van der Waals surface area contributed by atoms with E-state index >= 15 is 0 Å². The van der Waals surface area contributed by atoms with Crippen LogP contribution in [-0.2, 0) is 20.7 Å². The number of carbonyl (C=O) groups is 2. The number of nitrogens with one attached hydrogen (secondary N) is 1. The first kappa shape index (κ1) is 29.0. The van der Waals surface area contributed by atoms with Gasteiger partial charge in [-0.1, -0.05) is 108 Å². The third kappa shape index (κ3) is 16.3. The van der Waals surface area contributed by atoms with Crippen LogP contribution >= 0.6 is 0 Å². The van der Waals surface area contributed by atoms with Gasteiger partial charge in [0.1, 0.15) is 11.6 Å². The standard InChI is InChI=1S/C28H47NO4/c1-5-6-7-8-9-10-11-12-13-14-15-19-22-32-26(30)25(23-24-20-17-16-18-21-24)29-27(31)33-28(2,3)4/h16-18,20-21,25H,5-15,19,22-23H2,1-4H3,(H,29,31)/t25-/m0/s1. The summed E-state index contributed by atoms with van der Waals surface area (Å²) in [6.45, 7) is 8.03. The molecule has 1 atom stereocenters. The summed E-state index contributed by atoms with van der Waals surface area (Å²) >= 11 is 0. The minimum Gasteiger partial charge on any atom is -0.464 e. The monoisotopic (exact) mass is 461 g/mol. The zero-order chi connectivity index (χ0) is 24.4. The van der Waals surface area contributed by atoms with Crippen molar-refractivity contribution in [1.29, 1.82) is 0 Å². The second-order valence-electron chi connectivity index (χ2n) is 9.95. The molecule has 5 nitrogen and oxygen atoms in total. The Balaban J connectivity index is 2.26. The number of ether oxygens (including phenoxy) is 2. The fraction of sp³-hybridized carbons (Fsp3) is 0.714. The van der Waals surface area contributed by atoms with Crippen LogP contribution in [0, 0.1) is 0 Å². The molecule has 188 valence electrons. The van der Waals surface area contributed by atoms with Gasteiger partial charge in [-0.15, -0.1) is 0 Å². The molecule has 1 N–H and O–H groups in total. The Bertz CT molecular complexity index is 639. The number of rotatable bonds is 17. The van der Waals surface area contributed by atoms with Crippen LogP contribution in [0.15, 0.2) is 30.3 Å². The molecule has 0 bridgehead atoms. The number of amides is 1. The Morgan fingerprint density at radius 3 is 1.85 bits per heavy atom. The Morgan fingerprint density at radius 2 is 1.33 bits per heavy atom. The molecule has 0 saturated carbocycles. The second kappa shape index (κ2) is 17.4. The van der Waals surface area contributed by atoms with E-state index in [9.17, 15) is 9.59 Å². The summed E-state index contributed by atoms with van der Waals surface area (Å²) in [6, 6.07) is 8.85. The van der Waals surface area contributed by atoms with Crippen LogP contribution in [0.1, 0.15) is 110 Å². The Morgan fingerprint density at radius 1 is 0.818 bits per heavy atom. The van der Waals surface area contributed by atoms with E-state index in [1.54, 1.807) is 20.8 Å². The van der Waals surface area contributed by atoms with Gasteiger partial charge in [-0.3, -0.25) is 0 Å². The zero-order valence-corrected chi connectivity index (χ0v) is 21.5. The van der Waals surface area contributed by atoms with Crippen molar-refractivity contribution in [2.45, 2.75) is 123 Å². The molecule has 0 aliphatic carbocycles. The first-order valence-corrected chi connectivity index (χ1v) is 13.0. The number of esters is 1. The van der Waals surface area contributed by atoms with E-state index in [0.29, 0.717) is 13.0 Å². The van der Waals surface area contributed by atoms with Gasteiger partial charge in [0.05, 0.1) is 6.61 Å². The van der Waals surface area contributed by atoms with Crippen molar-refractivity contribution in [1.82, 2.24) is 5.32 Å². The molecule has 5 heteroatoms. The third-order valence-corrected chi connectivity index (χ3v) is 5.50. The lowest BCUT2D eigenvalue weighted by molar-refractivity contribution is -0.146. The van der Waals surface area contributed by atoms with Crippen LogP contribution < -0.4 is 5.32 Å². The Hall–Kier alpha value is -2.04. The first-order chi connectivity index (χ1) is 15.8. The topological polar surface area (TPSA) is 64.6 Å². The Kier molecular flexibility index (Phi) is 15.3. The van der Waals surface area contributed by atoms with Crippen molar-refractivity contribution in [3.63, 3.8) is 0 Å². The van der Waals surface area contributed by atoms with Gasteiger partial charge < -0.3 is 14.8 Å². The van der Waals surface area contributed by atoms with Crippen LogP contribution in [-0.4, -0.2) is 30.3 Å². The van der Waals surface area contributed by atoms with Crippen molar-refractivity contribution in [2.24, 2.45) is 0 Å². The number of alkyl carbamates (subject to hydrolysis) is 1. The number of unbranched alkanes of at least 4 members (excludes halogenated alkanes) is 11. The second-order valence-corrected chi connectivity index (χ2v) is 9.95. The molecule has 0 heterocycles. The van der Waals surface area contributed by atoms with Crippen LogP contribution in [0.5, 0.6) is 0 Å². The molecule has 0 aliphatic rings. The minimum absolute atomic E-state index is 0.372. The molecule has 1 amide bonds. The smallest absolute Gasteiger partial charge is 0.408 e. The van der Waals surface area contributed by atoms with Crippen LogP contribution in [0.4, 0.5) is 4.79 Å². The lowest BCUT2D eigenvalue weighted by atomic mass is 10.1. The average Bonchev–Trinajstić information content (AvgIpc) is 2.75. The van der Waals surface area contributed by atoms with Crippen LogP contribution in [0.2, 0.25) is 0 Å². The van der Waals surface area contributed by atoms with Crippen molar-refractivity contribution in [3.05, 3.63) is 35.9 Å². The van der Waals surface area contributed by atoms with E-state index in [0.717, 1.165) is 18.4 Å². The fourth-order valence-electron chi connectivity index (χ4n) is 3.71. The van der Waals surface area contributed by atoms with Gasteiger partial charge in [0.25, 0.3) is 0 Å². The summed E-state index contributed by atoms with van der Waals surface area (Å²) < 4.78 is 10.8. The SMILES string of the molecule is CCCCCCCCCCCCCCOC(=O)[C@H](Cc1ccccc1)NC(=O)OC(C)(C)C. The lowest BCUT2D eigenvalue weighted by Gasteiger charge is -2.23. The highest BCUT2D eigenvalue weighted by Crippen LogP contribution is 2.13. The predicted molar refractivity (Wildman–Crippen MR) is 135 cm³/mol. The maximum atomic E-state index is 12.7. The minimum atomic E-state index is -0.764. The van der Waals surface area contributed by atoms with Crippen molar-refractivity contribution < 1.29 is 19.1 Å². The third-order valence-electron chi connectivity index (χ3n) is 5.50. The van der Waals surface area contributed by atoms with Gasteiger partial charge in [0, 0.05) is 6.42 Å². The number of carbonyl (C=O) groups excluding carboxylic acids is 2. The largest absolute Gasteiger partial charge is 0.464 e. The normalized spacial score (nSPS) is 12.2. The summed E-state index contributed by atoms with van der Waals surface area (Å²) in [4.78, 5) is 24.9. The van der Waals surface area contributed by atoms with Crippen molar-refractivity contribution in [2.75, 3.05) is 6.61 Å². The quantitative estimate of drug-likeness (QED) is 0.194. The number of hydrogen-bond acceptors (Lipinski definition) is 4. The number of hydrogen-bond donors (Lipinski definition) is 1. The molecular weight excluding hydrogens is 414 g/mol. The van der Waals surface area contributed by atoms with Gasteiger partial charge >= 0.3 is 12.1 Å². The highest BCUT2D eigenvalue weighted by Gasteiger charge is 2.25. The zero-order valence-electron chi connectivity index (χ0n) is 21.5. The van der Waals surface area contributed by atoms with Crippen molar-refractivity contribution in [3.8, 4) is 0 Å². The van der Waals surface area contributed by atoms with Gasteiger partial charge in [-0.05, 0) is 32.8 Å². The Labute approximate surface area is 202 Å². The van der Waals surface area contributed by atoms with E-state index in [1.807, 2.05) is 30.3 Å². The van der Waals surface area contributed by atoms with E-state index < -0.39 is 23.7 Å². The van der Waals surface area contributed by atoms with E-state index in [-0.39, 0.29) is 0 Å². The summed E-state index contributed by atoms with van der Waals surface area (Å²) in [5.74, 6) is -0.409. The molecule has 0 unspecified atom stereocenters. The average molecular weight is 462 g/mol. The fourth-order valence-corrected chi connectivity index (χ4v) is 3.71. The lowest BCUT2D eigenvalue weighted by Crippen LogP contribution is -2.45. The van der Waals surface area contributed by atoms with E-state index in [4.69, 9.17) is 9.47 Å². The van der Waals surface area contributed by atoms with E-state index in [1.165, 1.54) is 64.2 Å². The highest BCUT2D eigenvalue weighted by atomic mass is 16.6. The van der Waals surface area contributed by atoms with E-state index in [2.05, 4.69) is 12.2 Å². The summed E-state index contributed by atoms with van der Waals surface area (Å²) in [5.41, 5.74) is 0.334. The predicted octanol–water partition coefficient (Wildman–Crippen LogP) is 7.37. The highest BCUT2D eigenvalue weighted by molar-refractivity contribution is 5.81. The molecule has 0 radical (unpaired) electrons.